The van der Waals surface area contributed by atoms with Crippen LogP contribution in [0.25, 0.3) is 0 Å². The fraction of sp³-hybridized carbons (Fsp3) is 0.312. The van der Waals surface area contributed by atoms with Crippen LogP contribution >= 0.6 is 11.3 Å². The van der Waals surface area contributed by atoms with E-state index in [9.17, 15) is 9.50 Å². The van der Waals surface area contributed by atoms with Crippen LogP contribution in [0.2, 0.25) is 0 Å². The molecule has 0 bridgehead atoms. The molecule has 1 aromatic carbocycles. The van der Waals surface area contributed by atoms with Gasteiger partial charge in [0, 0.05) is 30.1 Å². The summed E-state index contributed by atoms with van der Waals surface area (Å²) in [5.41, 5.74) is 7.81. The molecule has 1 aromatic heterocycles. The normalized spacial score (nSPS) is 16.0. The number of nitriles is 1. The van der Waals surface area contributed by atoms with Crippen LogP contribution in [0.15, 0.2) is 24.3 Å². The predicted octanol–water partition coefficient (Wildman–Crippen LogP) is 2.43. The Bertz CT molecular complexity index is 737. The number of nitrogen functional groups attached to an aromatic ring is 1. The first-order valence-corrected chi connectivity index (χ1v) is 7.86. The number of rotatable bonds is 3. The first-order valence-electron chi connectivity index (χ1n) is 7.05. The molecule has 4 nitrogen and oxygen atoms in total. The lowest BCUT2D eigenvalue weighted by atomic mass is 10.0. The summed E-state index contributed by atoms with van der Waals surface area (Å²) in [7, 11) is 0. The molecule has 2 aromatic rings. The van der Waals surface area contributed by atoms with Crippen LogP contribution in [-0.4, -0.2) is 23.1 Å². The zero-order valence-electron chi connectivity index (χ0n) is 11.9. The Morgan fingerprint density at radius 1 is 1.45 bits per heavy atom. The predicted molar refractivity (Wildman–Crippen MR) is 83.8 cm³/mol. The van der Waals surface area contributed by atoms with Gasteiger partial charge in [-0.2, -0.15) is 5.26 Å². The lowest BCUT2D eigenvalue weighted by molar-refractivity contribution is 0.104. The molecule has 0 saturated carbocycles. The number of aliphatic hydroxyl groups excluding tert-OH is 1. The summed E-state index contributed by atoms with van der Waals surface area (Å²) < 4.78 is 13.7. The highest BCUT2D eigenvalue weighted by Gasteiger charge is 2.25. The Morgan fingerprint density at radius 2 is 2.23 bits per heavy atom. The maximum absolute atomic E-state index is 13.7. The molecule has 114 valence electrons. The van der Waals surface area contributed by atoms with Gasteiger partial charge in [-0.1, -0.05) is 18.2 Å². The van der Waals surface area contributed by atoms with Crippen molar-refractivity contribution in [3.8, 4) is 6.07 Å². The fourth-order valence-corrected chi connectivity index (χ4v) is 3.96. The molecule has 0 saturated heterocycles. The standard InChI is InChI=1S/C16H16FN3OS/c17-13-4-2-1-3-11(13)14(21)8-20-6-5-10-12(7-18)16(19)22-15(10)9-20/h1-4,14,21H,5-6,8-9,19H2. The first kappa shape index (κ1) is 15.0. The van der Waals surface area contributed by atoms with Gasteiger partial charge in [0.05, 0.1) is 11.7 Å². The van der Waals surface area contributed by atoms with Gasteiger partial charge in [-0.3, -0.25) is 4.90 Å². The van der Waals surface area contributed by atoms with Crippen LogP contribution < -0.4 is 5.73 Å². The number of fused-ring (bicyclic) bond motifs is 1. The molecule has 0 spiro atoms. The van der Waals surface area contributed by atoms with Crippen molar-refractivity contribution >= 4 is 16.3 Å². The molecular formula is C16H16FN3OS. The molecule has 0 radical (unpaired) electrons. The van der Waals surface area contributed by atoms with Crippen LogP contribution in [0.5, 0.6) is 0 Å². The molecule has 2 heterocycles. The second-order valence-electron chi connectivity index (χ2n) is 5.38. The van der Waals surface area contributed by atoms with E-state index in [4.69, 9.17) is 11.0 Å². The monoisotopic (exact) mass is 317 g/mol. The van der Waals surface area contributed by atoms with Gasteiger partial charge in [-0.05, 0) is 18.1 Å². The van der Waals surface area contributed by atoms with Gasteiger partial charge >= 0.3 is 0 Å². The van der Waals surface area contributed by atoms with Crippen molar-refractivity contribution in [2.75, 3.05) is 18.8 Å². The summed E-state index contributed by atoms with van der Waals surface area (Å²) in [6, 6.07) is 8.44. The number of hydrogen-bond acceptors (Lipinski definition) is 5. The summed E-state index contributed by atoms with van der Waals surface area (Å²) in [5, 5.41) is 19.9. The van der Waals surface area contributed by atoms with Gasteiger partial charge in [-0.25, -0.2) is 4.39 Å². The SMILES string of the molecule is N#Cc1c(N)sc2c1CCN(CC(O)c1ccccc1F)C2. The minimum Gasteiger partial charge on any atom is -0.389 e. The van der Waals surface area contributed by atoms with Gasteiger partial charge in [0.15, 0.2) is 0 Å². The average Bonchev–Trinajstić information content (AvgIpc) is 2.81. The van der Waals surface area contributed by atoms with E-state index in [-0.39, 0.29) is 5.82 Å². The third kappa shape index (κ3) is 2.71. The topological polar surface area (TPSA) is 73.3 Å². The second-order valence-corrected chi connectivity index (χ2v) is 6.51. The molecule has 3 N–H and O–H groups in total. The van der Waals surface area contributed by atoms with Crippen molar-refractivity contribution in [3.63, 3.8) is 0 Å². The van der Waals surface area contributed by atoms with Crippen LogP contribution in [0.1, 0.15) is 27.7 Å². The molecule has 0 aliphatic carbocycles. The summed E-state index contributed by atoms with van der Waals surface area (Å²) in [6.07, 6.45) is -0.133. The lowest BCUT2D eigenvalue weighted by Gasteiger charge is -2.28. The molecule has 6 heteroatoms. The number of hydrogen-bond donors (Lipinski definition) is 2. The average molecular weight is 317 g/mol. The maximum Gasteiger partial charge on any atom is 0.129 e. The highest BCUT2D eigenvalue weighted by Crippen LogP contribution is 2.35. The number of aliphatic hydroxyl groups is 1. The van der Waals surface area contributed by atoms with Gasteiger partial charge in [0.2, 0.25) is 0 Å². The van der Waals surface area contributed by atoms with E-state index in [0.29, 0.717) is 29.2 Å². The Hall–Kier alpha value is -1.94. The van der Waals surface area contributed by atoms with E-state index in [2.05, 4.69) is 11.0 Å². The van der Waals surface area contributed by atoms with Gasteiger partial charge in [-0.15, -0.1) is 11.3 Å². The van der Waals surface area contributed by atoms with Gasteiger partial charge in [0.25, 0.3) is 0 Å². The van der Waals surface area contributed by atoms with Crippen molar-refractivity contribution in [2.24, 2.45) is 0 Å². The van der Waals surface area contributed by atoms with Crippen LogP contribution in [-0.2, 0) is 13.0 Å². The lowest BCUT2D eigenvalue weighted by Crippen LogP contribution is -2.33. The molecule has 22 heavy (non-hydrogen) atoms. The number of nitrogens with zero attached hydrogens (tertiary/aromatic N) is 2. The largest absolute Gasteiger partial charge is 0.389 e. The van der Waals surface area contributed by atoms with Crippen molar-refractivity contribution < 1.29 is 9.50 Å². The Balaban J connectivity index is 1.73. The summed E-state index contributed by atoms with van der Waals surface area (Å²) >= 11 is 1.43. The Labute approximate surface area is 132 Å². The van der Waals surface area contributed by atoms with Crippen LogP contribution in [0, 0.1) is 17.1 Å². The van der Waals surface area contributed by atoms with Crippen molar-refractivity contribution in [1.29, 1.82) is 5.26 Å². The molecule has 1 aliphatic rings. The summed E-state index contributed by atoms with van der Waals surface area (Å²) in [5.74, 6) is -0.389. The zero-order valence-corrected chi connectivity index (χ0v) is 12.7. The van der Waals surface area contributed by atoms with E-state index in [0.717, 1.165) is 23.4 Å². The summed E-state index contributed by atoms with van der Waals surface area (Å²) in [4.78, 5) is 3.14. The third-order valence-corrected chi connectivity index (χ3v) is 5.02. The van der Waals surface area contributed by atoms with E-state index in [1.807, 2.05) is 0 Å². The number of β-amino-alcohol motifs (C(OH)–C–C–N with tert-alkyl or cyclic N) is 1. The number of anilines is 1. The molecule has 3 rings (SSSR count). The molecule has 1 unspecified atom stereocenters. The number of benzene rings is 1. The highest BCUT2D eigenvalue weighted by molar-refractivity contribution is 7.16. The molecule has 1 aliphatic heterocycles. The van der Waals surface area contributed by atoms with Crippen molar-refractivity contribution in [3.05, 3.63) is 51.7 Å². The highest BCUT2D eigenvalue weighted by atomic mass is 32.1. The third-order valence-electron chi connectivity index (χ3n) is 3.97. The smallest absolute Gasteiger partial charge is 0.129 e. The van der Waals surface area contributed by atoms with E-state index < -0.39 is 6.10 Å². The van der Waals surface area contributed by atoms with E-state index in [1.165, 1.54) is 17.4 Å². The quantitative estimate of drug-likeness (QED) is 0.912. The minimum atomic E-state index is -0.865. The first-order chi connectivity index (χ1) is 10.6. The van der Waals surface area contributed by atoms with Crippen molar-refractivity contribution in [1.82, 2.24) is 4.90 Å². The summed E-state index contributed by atoms with van der Waals surface area (Å²) in [6.45, 7) is 1.72. The van der Waals surface area contributed by atoms with Crippen molar-refractivity contribution in [2.45, 2.75) is 19.1 Å². The van der Waals surface area contributed by atoms with Gasteiger partial charge in [0.1, 0.15) is 16.9 Å². The molecular weight excluding hydrogens is 301 g/mol. The van der Waals surface area contributed by atoms with Crippen LogP contribution in [0.3, 0.4) is 0 Å². The molecule has 1 atom stereocenters. The van der Waals surface area contributed by atoms with E-state index >= 15 is 0 Å². The maximum atomic E-state index is 13.7. The minimum absolute atomic E-state index is 0.316. The Kier molecular flexibility index (Phi) is 4.12. The van der Waals surface area contributed by atoms with E-state index in [1.54, 1.807) is 18.2 Å². The zero-order chi connectivity index (χ0) is 15.7. The second kappa shape index (κ2) is 6.05. The molecule has 0 amide bonds. The number of nitrogens with two attached hydrogens (primary N) is 1. The number of thiophene rings is 1. The number of halogens is 1. The molecule has 0 fully saturated rings. The van der Waals surface area contributed by atoms with Gasteiger partial charge < -0.3 is 10.8 Å². The van der Waals surface area contributed by atoms with Crippen LogP contribution in [0.4, 0.5) is 9.39 Å². The fourth-order valence-electron chi connectivity index (χ4n) is 2.84. The Morgan fingerprint density at radius 3 is 2.95 bits per heavy atom.